The number of nitrogens with zero attached hydrogens (tertiary/aromatic N) is 1. The molecule has 0 aliphatic carbocycles. The molecule has 0 fully saturated rings. The number of esters is 1. The number of ether oxygens (including phenoxy) is 1. The van der Waals surface area contributed by atoms with Gasteiger partial charge in [0, 0.05) is 5.54 Å². The summed E-state index contributed by atoms with van der Waals surface area (Å²) in [6.45, 7) is 6.58. The summed E-state index contributed by atoms with van der Waals surface area (Å²) in [4.78, 5) is 62.8. The molecule has 9 heteroatoms. The summed E-state index contributed by atoms with van der Waals surface area (Å²) < 4.78 is 5.14. The molecule has 1 aliphatic rings. The Kier molecular flexibility index (Phi) is 6.11. The zero-order valence-corrected chi connectivity index (χ0v) is 18.1. The minimum absolute atomic E-state index is 0.0397. The lowest BCUT2D eigenvalue weighted by atomic mass is 10.1. The fraction of sp³-hybridized carbons (Fsp3) is 0.261. The van der Waals surface area contributed by atoms with Crippen molar-refractivity contribution in [1.29, 1.82) is 0 Å². The van der Waals surface area contributed by atoms with Crippen molar-refractivity contribution < 1.29 is 28.7 Å². The number of anilines is 1. The van der Waals surface area contributed by atoms with Crippen LogP contribution < -0.4 is 15.5 Å². The lowest BCUT2D eigenvalue weighted by molar-refractivity contribution is -0.127. The van der Waals surface area contributed by atoms with Crippen molar-refractivity contribution in [2.45, 2.75) is 39.3 Å². The Bertz CT molecular complexity index is 1080. The minimum Gasteiger partial charge on any atom is -0.449 e. The van der Waals surface area contributed by atoms with Gasteiger partial charge in [0.15, 0.2) is 6.10 Å². The number of carbonyl (C=O) groups is 5. The first kappa shape index (κ1) is 22.7. The van der Waals surface area contributed by atoms with Crippen molar-refractivity contribution in [1.82, 2.24) is 10.6 Å². The van der Waals surface area contributed by atoms with Crippen molar-refractivity contribution in [2.24, 2.45) is 0 Å². The van der Waals surface area contributed by atoms with Crippen molar-refractivity contribution in [2.75, 3.05) is 4.90 Å². The maximum atomic E-state index is 12.7. The van der Waals surface area contributed by atoms with Gasteiger partial charge in [0.2, 0.25) is 0 Å². The highest BCUT2D eigenvalue weighted by Crippen LogP contribution is 2.28. The monoisotopic (exact) mass is 437 g/mol. The molecule has 0 radical (unpaired) electrons. The van der Waals surface area contributed by atoms with E-state index in [0.29, 0.717) is 0 Å². The predicted molar refractivity (Wildman–Crippen MR) is 115 cm³/mol. The van der Waals surface area contributed by atoms with Gasteiger partial charge in [-0.3, -0.25) is 19.7 Å². The van der Waals surface area contributed by atoms with Crippen LogP contribution in [0.3, 0.4) is 0 Å². The molecule has 166 valence electrons. The Labute approximate surface area is 184 Å². The second kappa shape index (κ2) is 8.62. The molecular weight excluding hydrogens is 414 g/mol. The topological polar surface area (TPSA) is 122 Å². The summed E-state index contributed by atoms with van der Waals surface area (Å²) in [7, 11) is 0. The summed E-state index contributed by atoms with van der Waals surface area (Å²) in [5, 5.41) is 4.67. The maximum absolute atomic E-state index is 12.7. The fourth-order valence-corrected chi connectivity index (χ4v) is 3.06. The number of imide groups is 2. The molecule has 0 aromatic heterocycles. The van der Waals surface area contributed by atoms with Crippen LogP contribution in [0.1, 0.15) is 58.8 Å². The molecule has 1 heterocycles. The van der Waals surface area contributed by atoms with Crippen molar-refractivity contribution in [3.8, 4) is 0 Å². The highest BCUT2D eigenvalue weighted by Gasteiger charge is 2.36. The van der Waals surface area contributed by atoms with Crippen molar-refractivity contribution >= 4 is 35.4 Å². The SMILES string of the molecule is CC(OC(=O)c1cccc(N2C(=O)c3ccccc3C2=O)c1)C(=O)NC(=O)NC(C)(C)C. The van der Waals surface area contributed by atoms with Gasteiger partial charge in [-0.2, -0.15) is 0 Å². The van der Waals surface area contributed by atoms with Crippen molar-refractivity contribution in [3.63, 3.8) is 0 Å². The third-order valence-corrected chi connectivity index (χ3v) is 4.51. The zero-order valence-electron chi connectivity index (χ0n) is 18.1. The highest BCUT2D eigenvalue weighted by atomic mass is 16.5. The number of nitrogens with one attached hydrogen (secondary N) is 2. The van der Waals surface area contributed by atoms with E-state index in [0.717, 1.165) is 4.90 Å². The summed E-state index contributed by atoms with van der Waals surface area (Å²) >= 11 is 0. The highest BCUT2D eigenvalue weighted by molar-refractivity contribution is 6.34. The molecule has 0 spiro atoms. The smallest absolute Gasteiger partial charge is 0.338 e. The van der Waals surface area contributed by atoms with Crippen LogP contribution in [0.5, 0.6) is 0 Å². The van der Waals surface area contributed by atoms with Gasteiger partial charge in [0.1, 0.15) is 0 Å². The third-order valence-electron chi connectivity index (χ3n) is 4.51. The van der Waals surface area contributed by atoms with Crippen LogP contribution in [-0.2, 0) is 9.53 Å². The number of fused-ring (bicyclic) bond motifs is 1. The van der Waals surface area contributed by atoms with E-state index in [1.165, 1.54) is 31.2 Å². The first-order valence-electron chi connectivity index (χ1n) is 9.90. The van der Waals surface area contributed by atoms with Crippen LogP contribution in [0, 0.1) is 0 Å². The van der Waals surface area contributed by atoms with Crippen LogP contribution in [0.25, 0.3) is 0 Å². The number of hydrogen-bond acceptors (Lipinski definition) is 6. The summed E-state index contributed by atoms with van der Waals surface area (Å²) in [5.74, 6) is -2.62. The third kappa shape index (κ3) is 4.83. The van der Waals surface area contributed by atoms with Gasteiger partial charge in [0.25, 0.3) is 17.7 Å². The number of benzene rings is 2. The molecule has 32 heavy (non-hydrogen) atoms. The van der Waals surface area contributed by atoms with Gasteiger partial charge in [0.05, 0.1) is 22.4 Å². The van der Waals surface area contributed by atoms with E-state index in [4.69, 9.17) is 4.74 Å². The van der Waals surface area contributed by atoms with Gasteiger partial charge in [-0.05, 0) is 58.0 Å². The molecule has 1 unspecified atom stereocenters. The molecule has 2 aromatic rings. The first-order chi connectivity index (χ1) is 15.0. The second-order valence-corrected chi connectivity index (χ2v) is 8.28. The summed E-state index contributed by atoms with van der Waals surface area (Å²) in [6.07, 6.45) is -1.25. The van der Waals surface area contributed by atoms with E-state index in [1.807, 2.05) is 0 Å². The Balaban J connectivity index is 1.70. The Morgan fingerprint density at radius 3 is 2.09 bits per heavy atom. The molecule has 0 bridgehead atoms. The van der Waals surface area contributed by atoms with E-state index in [2.05, 4.69) is 10.6 Å². The van der Waals surface area contributed by atoms with Crippen LogP contribution >= 0.6 is 0 Å². The lowest BCUT2D eigenvalue weighted by Crippen LogP contribution is -2.50. The van der Waals surface area contributed by atoms with Gasteiger partial charge < -0.3 is 10.1 Å². The van der Waals surface area contributed by atoms with E-state index < -0.39 is 41.4 Å². The average Bonchev–Trinajstić information content (AvgIpc) is 2.97. The predicted octanol–water partition coefficient (Wildman–Crippen LogP) is 2.66. The Morgan fingerprint density at radius 1 is 0.938 bits per heavy atom. The Hall–Kier alpha value is -4.01. The largest absolute Gasteiger partial charge is 0.449 e. The number of rotatable bonds is 4. The number of carbonyl (C=O) groups excluding carboxylic acids is 5. The van der Waals surface area contributed by atoms with Gasteiger partial charge in [-0.25, -0.2) is 14.5 Å². The van der Waals surface area contributed by atoms with E-state index in [9.17, 15) is 24.0 Å². The number of amides is 5. The van der Waals surface area contributed by atoms with Crippen LogP contribution in [0.2, 0.25) is 0 Å². The molecule has 2 aromatic carbocycles. The van der Waals surface area contributed by atoms with Crippen LogP contribution in [0.15, 0.2) is 48.5 Å². The molecule has 5 amide bonds. The molecule has 1 atom stereocenters. The zero-order chi connectivity index (χ0) is 23.6. The Morgan fingerprint density at radius 2 is 1.53 bits per heavy atom. The number of hydrogen-bond donors (Lipinski definition) is 2. The fourth-order valence-electron chi connectivity index (χ4n) is 3.06. The minimum atomic E-state index is -1.25. The molecule has 2 N–H and O–H groups in total. The second-order valence-electron chi connectivity index (χ2n) is 8.28. The first-order valence-corrected chi connectivity index (χ1v) is 9.90. The molecule has 0 saturated heterocycles. The summed E-state index contributed by atoms with van der Waals surface area (Å²) in [6, 6.07) is 11.5. The summed E-state index contributed by atoms with van der Waals surface area (Å²) in [5.41, 5.74) is 0.258. The number of urea groups is 1. The van der Waals surface area contributed by atoms with E-state index >= 15 is 0 Å². The van der Waals surface area contributed by atoms with Crippen molar-refractivity contribution in [3.05, 3.63) is 65.2 Å². The average molecular weight is 437 g/mol. The molecule has 0 saturated carbocycles. The maximum Gasteiger partial charge on any atom is 0.338 e. The quantitative estimate of drug-likeness (QED) is 0.560. The standard InChI is InChI=1S/C23H23N3O6/c1-13(18(27)24-22(31)25-23(2,3)4)32-21(30)14-8-7-9-15(12-14)26-19(28)16-10-5-6-11-17(16)20(26)29/h5-13H,1-4H3,(H2,24,25,27,31). The normalized spacial score (nSPS) is 13.9. The molecule has 9 nitrogen and oxygen atoms in total. The van der Waals surface area contributed by atoms with Crippen LogP contribution in [0.4, 0.5) is 10.5 Å². The molecule has 1 aliphatic heterocycles. The van der Waals surface area contributed by atoms with E-state index in [-0.39, 0.29) is 22.4 Å². The lowest BCUT2D eigenvalue weighted by Gasteiger charge is -2.21. The molecular formula is C23H23N3O6. The van der Waals surface area contributed by atoms with Gasteiger partial charge >= 0.3 is 12.0 Å². The molecule has 3 rings (SSSR count). The van der Waals surface area contributed by atoms with Crippen LogP contribution in [-0.4, -0.2) is 41.4 Å². The van der Waals surface area contributed by atoms with Gasteiger partial charge in [-0.15, -0.1) is 0 Å². The van der Waals surface area contributed by atoms with E-state index in [1.54, 1.807) is 45.0 Å². The van der Waals surface area contributed by atoms with Gasteiger partial charge in [-0.1, -0.05) is 18.2 Å².